The molecule has 0 aromatic carbocycles. The maximum absolute atomic E-state index is 11.6. The molecule has 8 heteroatoms. The highest BCUT2D eigenvalue weighted by Gasteiger charge is 2.22. The standard InChI is InChI=1S/C12H15N3O4S/c16-10(13-4-9-2-1-3-19-9)5-14-11(17)6-15-8-20-7-12(15)18/h1-3H,4-8H2,(H,13,16)(H,14,17). The molecule has 108 valence electrons. The van der Waals surface area contributed by atoms with Crippen molar-refractivity contribution in [1.82, 2.24) is 15.5 Å². The van der Waals surface area contributed by atoms with Gasteiger partial charge in [0.1, 0.15) is 12.3 Å². The lowest BCUT2D eigenvalue weighted by atomic mass is 10.4. The number of carbonyl (C=O) groups excluding carboxylic acids is 3. The number of amides is 3. The minimum Gasteiger partial charge on any atom is -0.467 e. The molecule has 2 N–H and O–H groups in total. The zero-order valence-electron chi connectivity index (χ0n) is 10.8. The summed E-state index contributed by atoms with van der Waals surface area (Å²) in [6, 6.07) is 3.48. The predicted octanol–water partition coefficient (Wildman–Crippen LogP) is -0.455. The van der Waals surface area contributed by atoms with Gasteiger partial charge in [0, 0.05) is 0 Å². The molecule has 0 spiro atoms. The lowest BCUT2D eigenvalue weighted by Crippen LogP contribution is -2.42. The van der Waals surface area contributed by atoms with E-state index in [1.165, 1.54) is 22.9 Å². The molecule has 0 aliphatic carbocycles. The first-order chi connectivity index (χ1) is 9.65. The molecule has 0 bridgehead atoms. The normalized spacial score (nSPS) is 14.4. The van der Waals surface area contributed by atoms with E-state index in [1.54, 1.807) is 12.1 Å². The van der Waals surface area contributed by atoms with Crippen molar-refractivity contribution in [2.24, 2.45) is 0 Å². The highest BCUT2D eigenvalue weighted by Crippen LogP contribution is 2.13. The van der Waals surface area contributed by atoms with Gasteiger partial charge in [0.2, 0.25) is 17.7 Å². The van der Waals surface area contributed by atoms with Crippen LogP contribution in [0.2, 0.25) is 0 Å². The van der Waals surface area contributed by atoms with Crippen LogP contribution in [0.5, 0.6) is 0 Å². The van der Waals surface area contributed by atoms with Gasteiger partial charge < -0.3 is 20.0 Å². The number of carbonyl (C=O) groups is 3. The van der Waals surface area contributed by atoms with Gasteiger partial charge in [0.05, 0.1) is 31.0 Å². The van der Waals surface area contributed by atoms with E-state index in [4.69, 9.17) is 4.42 Å². The van der Waals surface area contributed by atoms with Crippen LogP contribution < -0.4 is 10.6 Å². The quantitative estimate of drug-likeness (QED) is 0.742. The van der Waals surface area contributed by atoms with Crippen molar-refractivity contribution in [2.75, 3.05) is 24.7 Å². The molecule has 0 radical (unpaired) electrons. The lowest BCUT2D eigenvalue weighted by molar-refractivity contribution is -0.133. The topological polar surface area (TPSA) is 91.7 Å². The molecule has 1 saturated heterocycles. The summed E-state index contributed by atoms with van der Waals surface area (Å²) in [5, 5.41) is 5.09. The van der Waals surface area contributed by atoms with E-state index >= 15 is 0 Å². The number of hydrogen-bond donors (Lipinski definition) is 2. The molecular formula is C12H15N3O4S. The van der Waals surface area contributed by atoms with E-state index in [2.05, 4.69) is 10.6 Å². The van der Waals surface area contributed by atoms with Gasteiger partial charge in [-0.05, 0) is 12.1 Å². The molecule has 0 atom stereocenters. The van der Waals surface area contributed by atoms with Gasteiger partial charge in [0.15, 0.2) is 0 Å². The Bertz CT molecular complexity index is 489. The molecule has 0 unspecified atom stereocenters. The first-order valence-electron chi connectivity index (χ1n) is 6.06. The van der Waals surface area contributed by atoms with Crippen molar-refractivity contribution in [1.29, 1.82) is 0 Å². The van der Waals surface area contributed by atoms with Gasteiger partial charge in [-0.3, -0.25) is 14.4 Å². The maximum Gasteiger partial charge on any atom is 0.240 e. The summed E-state index contributed by atoms with van der Waals surface area (Å²) in [7, 11) is 0. The average Bonchev–Trinajstić information content (AvgIpc) is 3.07. The molecule has 2 heterocycles. The van der Waals surface area contributed by atoms with Gasteiger partial charge in [-0.15, -0.1) is 11.8 Å². The summed E-state index contributed by atoms with van der Waals surface area (Å²) >= 11 is 1.47. The summed E-state index contributed by atoms with van der Waals surface area (Å²) in [5.41, 5.74) is 0. The Labute approximate surface area is 120 Å². The SMILES string of the molecule is O=C(CNC(=O)CN1CSCC1=O)NCc1ccco1. The Balaban J connectivity index is 1.62. The van der Waals surface area contributed by atoms with Crippen LogP contribution in [0, 0.1) is 0 Å². The Morgan fingerprint density at radius 2 is 2.20 bits per heavy atom. The van der Waals surface area contributed by atoms with E-state index in [9.17, 15) is 14.4 Å². The molecule has 1 aromatic rings. The number of thioether (sulfide) groups is 1. The fraction of sp³-hybridized carbons (Fsp3) is 0.417. The Kier molecular flexibility index (Phi) is 5.05. The second-order valence-electron chi connectivity index (χ2n) is 4.20. The van der Waals surface area contributed by atoms with E-state index < -0.39 is 0 Å². The summed E-state index contributed by atoms with van der Waals surface area (Å²) in [5.74, 6) is 0.885. The van der Waals surface area contributed by atoms with Crippen molar-refractivity contribution < 1.29 is 18.8 Å². The second-order valence-corrected chi connectivity index (χ2v) is 5.16. The molecule has 0 saturated carbocycles. The molecule has 1 aliphatic rings. The average molecular weight is 297 g/mol. The smallest absolute Gasteiger partial charge is 0.240 e. The predicted molar refractivity (Wildman–Crippen MR) is 72.6 cm³/mol. The Morgan fingerprint density at radius 3 is 2.85 bits per heavy atom. The van der Waals surface area contributed by atoms with E-state index in [-0.39, 0.29) is 37.4 Å². The first-order valence-corrected chi connectivity index (χ1v) is 7.22. The van der Waals surface area contributed by atoms with Gasteiger partial charge in [-0.2, -0.15) is 0 Å². The number of rotatable bonds is 6. The molecule has 20 heavy (non-hydrogen) atoms. The highest BCUT2D eigenvalue weighted by atomic mass is 32.2. The van der Waals surface area contributed by atoms with Crippen molar-refractivity contribution in [3.63, 3.8) is 0 Å². The maximum atomic E-state index is 11.6. The third-order valence-electron chi connectivity index (χ3n) is 2.65. The summed E-state index contributed by atoms with van der Waals surface area (Å²) in [4.78, 5) is 35.8. The van der Waals surface area contributed by atoms with Gasteiger partial charge in [-0.25, -0.2) is 0 Å². The van der Waals surface area contributed by atoms with Crippen LogP contribution in [-0.4, -0.2) is 47.3 Å². The van der Waals surface area contributed by atoms with E-state index in [0.717, 1.165) is 0 Å². The molecule has 1 fully saturated rings. The van der Waals surface area contributed by atoms with Crippen molar-refractivity contribution in [3.05, 3.63) is 24.2 Å². The minimum atomic E-state index is -0.339. The number of nitrogens with zero attached hydrogens (tertiary/aromatic N) is 1. The van der Waals surface area contributed by atoms with E-state index in [0.29, 0.717) is 17.4 Å². The zero-order valence-corrected chi connectivity index (χ0v) is 11.6. The lowest BCUT2D eigenvalue weighted by Gasteiger charge is -2.13. The van der Waals surface area contributed by atoms with E-state index in [1.807, 2.05) is 0 Å². The van der Waals surface area contributed by atoms with Crippen molar-refractivity contribution >= 4 is 29.5 Å². The highest BCUT2D eigenvalue weighted by molar-refractivity contribution is 8.00. The molecule has 1 aliphatic heterocycles. The minimum absolute atomic E-state index is 0.00268. The van der Waals surface area contributed by atoms with Crippen LogP contribution in [0.4, 0.5) is 0 Å². The molecule has 2 rings (SSSR count). The summed E-state index contributed by atoms with van der Waals surface area (Å²) in [6.07, 6.45) is 1.52. The van der Waals surface area contributed by atoms with Crippen LogP contribution in [0.15, 0.2) is 22.8 Å². The number of hydrogen-bond acceptors (Lipinski definition) is 5. The van der Waals surface area contributed by atoms with Gasteiger partial charge in [0.25, 0.3) is 0 Å². The molecule has 7 nitrogen and oxygen atoms in total. The fourth-order valence-corrected chi connectivity index (χ4v) is 2.51. The Hall–Kier alpha value is -1.96. The third kappa shape index (κ3) is 4.30. The molecular weight excluding hydrogens is 282 g/mol. The van der Waals surface area contributed by atoms with Crippen LogP contribution in [-0.2, 0) is 20.9 Å². The monoisotopic (exact) mass is 297 g/mol. The largest absolute Gasteiger partial charge is 0.467 e. The fourth-order valence-electron chi connectivity index (χ4n) is 1.61. The van der Waals surface area contributed by atoms with Crippen LogP contribution >= 0.6 is 11.8 Å². The third-order valence-corrected chi connectivity index (χ3v) is 3.59. The second kappa shape index (κ2) is 6.99. The van der Waals surface area contributed by atoms with Crippen LogP contribution in [0.25, 0.3) is 0 Å². The Morgan fingerprint density at radius 1 is 1.35 bits per heavy atom. The van der Waals surface area contributed by atoms with Gasteiger partial charge in [-0.1, -0.05) is 0 Å². The van der Waals surface area contributed by atoms with Crippen LogP contribution in [0.3, 0.4) is 0 Å². The number of furan rings is 1. The first kappa shape index (κ1) is 14.4. The zero-order chi connectivity index (χ0) is 14.4. The molecule has 3 amide bonds. The number of nitrogens with one attached hydrogen (secondary N) is 2. The van der Waals surface area contributed by atoms with Crippen molar-refractivity contribution in [3.8, 4) is 0 Å². The molecule has 1 aromatic heterocycles. The summed E-state index contributed by atoms with van der Waals surface area (Å²) < 4.78 is 5.06. The van der Waals surface area contributed by atoms with Crippen LogP contribution in [0.1, 0.15) is 5.76 Å². The van der Waals surface area contributed by atoms with Gasteiger partial charge >= 0.3 is 0 Å². The van der Waals surface area contributed by atoms with Crippen molar-refractivity contribution in [2.45, 2.75) is 6.54 Å². The summed E-state index contributed by atoms with van der Waals surface area (Å²) in [6.45, 7) is 0.162.